The summed E-state index contributed by atoms with van der Waals surface area (Å²) < 4.78 is 7.37. The number of benzene rings is 2. The summed E-state index contributed by atoms with van der Waals surface area (Å²) in [6.45, 7) is 2.48. The van der Waals surface area contributed by atoms with Gasteiger partial charge in [0.05, 0.1) is 31.6 Å². The number of aromatic nitrogens is 3. The minimum atomic E-state index is -0.319. The number of carbonyl (C=O) groups excluding carboxylic acids is 2. The van der Waals surface area contributed by atoms with Gasteiger partial charge in [-0.1, -0.05) is 48.2 Å². The van der Waals surface area contributed by atoms with Gasteiger partial charge in [0.1, 0.15) is 11.6 Å². The van der Waals surface area contributed by atoms with Gasteiger partial charge >= 0.3 is 0 Å². The number of hydrogen-bond acceptors (Lipinski definition) is 6. The molecule has 1 saturated carbocycles. The SMILES string of the molecule is COc1ccc(C)cc1NC(=O)CNC(=O)CSc1nnc(C2CC2)n1Cc1ccccc1. The van der Waals surface area contributed by atoms with Crippen LogP contribution in [0.1, 0.15) is 35.7 Å². The molecule has 33 heavy (non-hydrogen) atoms. The van der Waals surface area contributed by atoms with Crippen LogP contribution in [-0.4, -0.2) is 46.0 Å². The molecule has 2 aromatic carbocycles. The van der Waals surface area contributed by atoms with Crippen LogP contribution in [0.3, 0.4) is 0 Å². The number of methoxy groups -OCH3 is 1. The summed E-state index contributed by atoms with van der Waals surface area (Å²) >= 11 is 1.33. The predicted octanol–water partition coefficient (Wildman–Crippen LogP) is 3.37. The number of carbonyl (C=O) groups is 2. The Morgan fingerprint density at radius 2 is 1.91 bits per heavy atom. The number of ether oxygens (including phenoxy) is 1. The fraction of sp³-hybridized carbons (Fsp3) is 0.333. The van der Waals surface area contributed by atoms with Gasteiger partial charge in [0.25, 0.3) is 0 Å². The Hall–Kier alpha value is -3.33. The van der Waals surface area contributed by atoms with Crippen LogP contribution < -0.4 is 15.4 Å². The van der Waals surface area contributed by atoms with Crippen molar-refractivity contribution in [1.82, 2.24) is 20.1 Å². The van der Waals surface area contributed by atoms with Crippen molar-refractivity contribution in [3.8, 4) is 5.75 Å². The second kappa shape index (κ2) is 10.5. The molecule has 1 aliphatic rings. The van der Waals surface area contributed by atoms with Crippen LogP contribution in [0.4, 0.5) is 5.69 Å². The molecule has 0 spiro atoms. The molecule has 8 nitrogen and oxygen atoms in total. The molecule has 1 fully saturated rings. The maximum atomic E-state index is 12.4. The summed E-state index contributed by atoms with van der Waals surface area (Å²) in [4.78, 5) is 24.7. The minimum absolute atomic E-state index is 0.124. The van der Waals surface area contributed by atoms with Crippen molar-refractivity contribution < 1.29 is 14.3 Å². The zero-order valence-corrected chi connectivity index (χ0v) is 19.5. The highest BCUT2D eigenvalue weighted by Gasteiger charge is 2.30. The third-order valence-electron chi connectivity index (χ3n) is 5.28. The van der Waals surface area contributed by atoms with E-state index in [1.807, 2.05) is 37.3 Å². The molecule has 9 heteroatoms. The number of amides is 2. The first-order chi connectivity index (χ1) is 16.0. The van der Waals surface area contributed by atoms with E-state index < -0.39 is 0 Å². The highest BCUT2D eigenvalue weighted by Crippen LogP contribution is 2.40. The monoisotopic (exact) mass is 465 g/mol. The molecular weight excluding hydrogens is 438 g/mol. The maximum absolute atomic E-state index is 12.4. The second-order valence-electron chi connectivity index (χ2n) is 8.00. The van der Waals surface area contributed by atoms with Crippen molar-refractivity contribution in [1.29, 1.82) is 0 Å². The van der Waals surface area contributed by atoms with Gasteiger partial charge in [-0.15, -0.1) is 10.2 Å². The van der Waals surface area contributed by atoms with E-state index in [0.29, 0.717) is 29.1 Å². The number of thioether (sulfide) groups is 1. The van der Waals surface area contributed by atoms with Crippen LogP contribution >= 0.6 is 11.8 Å². The molecule has 2 N–H and O–H groups in total. The molecule has 1 heterocycles. The summed E-state index contributed by atoms with van der Waals surface area (Å²) in [7, 11) is 1.55. The van der Waals surface area contributed by atoms with Crippen LogP contribution in [0.25, 0.3) is 0 Å². The van der Waals surface area contributed by atoms with E-state index in [-0.39, 0.29) is 24.1 Å². The van der Waals surface area contributed by atoms with Crippen molar-refractivity contribution in [2.24, 2.45) is 0 Å². The third kappa shape index (κ3) is 6.13. The standard InChI is InChI=1S/C24H27N5O3S/c1-16-8-11-20(32-2)19(12-16)26-21(30)13-25-22(31)15-33-24-28-27-23(18-9-10-18)29(24)14-17-6-4-3-5-7-17/h3-8,11-12,18H,9-10,13-15H2,1-2H3,(H,25,31)(H,26,30). The highest BCUT2D eigenvalue weighted by atomic mass is 32.2. The fourth-order valence-corrected chi connectivity index (χ4v) is 4.21. The fourth-order valence-electron chi connectivity index (χ4n) is 3.44. The molecule has 0 bridgehead atoms. The molecule has 0 radical (unpaired) electrons. The topological polar surface area (TPSA) is 98.1 Å². The lowest BCUT2D eigenvalue weighted by atomic mass is 10.2. The van der Waals surface area contributed by atoms with E-state index in [1.54, 1.807) is 13.2 Å². The van der Waals surface area contributed by atoms with Gasteiger partial charge in [0, 0.05) is 5.92 Å². The van der Waals surface area contributed by atoms with Gasteiger partial charge in [-0.25, -0.2) is 0 Å². The molecule has 1 aromatic heterocycles. The lowest BCUT2D eigenvalue weighted by Gasteiger charge is -2.12. The Kier molecular flexibility index (Phi) is 7.29. The average Bonchev–Trinajstić information content (AvgIpc) is 3.58. The summed E-state index contributed by atoms with van der Waals surface area (Å²) in [6, 6.07) is 15.7. The van der Waals surface area contributed by atoms with E-state index in [4.69, 9.17) is 4.74 Å². The quantitative estimate of drug-likeness (QED) is 0.446. The molecule has 1 aliphatic carbocycles. The van der Waals surface area contributed by atoms with Crippen molar-refractivity contribution in [3.05, 3.63) is 65.5 Å². The molecule has 0 unspecified atom stereocenters. The van der Waals surface area contributed by atoms with Crippen LogP contribution in [-0.2, 0) is 16.1 Å². The lowest BCUT2D eigenvalue weighted by Crippen LogP contribution is -2.34. The third-order valence-corrected chi connectivity index (χ3v) is 6.25. The normalized spacial score (nSPS) is 12.9. The number of nitrogens with zero attached hydrogens (tertiary/aromatic N) is 3. The molecule has 172 valence electrons. The first-order valence-corrected chi connectivity index (χ1v) is 11.8. The lowest BCUT2D eigenvalue weighted by molar-refractivity contribution is -0.122. The van der Waals surface area contributed by atoms with Crippen LogP contribution in [0.2, 0.25) is 0 Å². The van der Waals surface area contributed by atoms with Crippen molar-refractivity contribution >= 4 is 29.3 Å². The molecule has 0 aliphatic heterocycles. The van der Waals surface area contributed by atoms with E-state index in [2.05, 4.69) is 37.5 Å². The second-order valence-corrected chi connectivity index (χ2v) is 8.95. The predicted molar refractivity (Wildman–Crippen MR) is 128 cm³/mol. The number of nitrogens with one attached hydrogen (secondary N) is 2. The first-order valence-electron chi connectivity index (χ1n) is 10.8. The average molecular weight is 466 g/mol. The van der Waals surface area contributed by atoms with Crippen LogP contribution in [0, 0.1) is 6.92 Å². The molecule has 0 saturated heterocycles. The summed E-state index contributed by atoms with van der Waals surface area (Å²) in [5, 5.41) is 14.9. The van der Waals surface area contributed by atoms with Crippen molar-refractivity contribution in [3.63, 3.8) is 0 Å². The number of hydrogen-bond donors (Lipinski definition) is 2. The number of rotatable bonds is 10. The van der Waals surface area contributed by atoms with Gasteiger partial charge in [0.2, 0.25) is 11.8 Å². The molecule has 2 amide bonds. The molecular formula is C24H27N5O3S. The summed E-state index contributed by atoms with van der Waals surface area (Å²) in [5.74, 6) is 1.59. The molecule has 3 aromatic rings. The van der Waals surface area contributed by atoms with Crippen LogP contribution in [0.15, 0.2) is 53.7 Å². The van der Waals surface area contributed by atoms with Gasteiger partial charge in [-0.2, -0.15) is 0 Å². The van der Waals surface area contributed by atoms with Gasteiger partial charge < -0.3 is 19.9 Å². The smallest absolute Gasteiger partial charge is 0.243 e. The Morgan fingerprint density at radius 3 is 2.64 bits per heavy atom. The van der Waals surface area contributed by atoms with Gasteiger partial charge in [-0.3, -0.25) is 9.59 Å². The van der Waals surface area contributed by atoms with Gasteiger partial charge in [-0.05, 0) is 43.0 Å². The van der Waals surface area contributed by atoms with Crippen molar-refractivity contribution in [2.45, 2.75) is 37.4 Å². The summed E-state index contributed by atoms with van der Waals surface area (Å²) in [6.07, 6.45) is 2.25. The van der Waals surface area contributed by atoms with E-state index in [0.717, 1.165) is 29.8 Å². The Morgan fingerprint density at radius 1 is 1.12 bits per heavy atom. The van der Waals surface area contributed by atoms with Gasteiger partial charge in [0.15, 0.2) is 5.16 Å². The van der Waals surface area contributed by atoms with Crippen LogP contribution in [0.5, 0.6) is 5.75 Å². The molecule has 4 rings (SSSR count). The number of aryl methyl sites for hydroxylation is 1. The molecule has 0 atom stereocenters. The number of anilines is 1. The first kappa shape index (κ1) is 22.8. The Labute approximate surface area is 197 Å². The Balaban J connectivity index is 1.31. The summed E-state index contributed by atoms with van der Waals surface area (Å²) in [5.41, 5.74) is 2.73. The zero-order valence-electron chi connectivity index (χ0n) is 18.7. The minimum Gasteiger partial charge on any atom is -0.495 e. The highest BCUT2D eigenvalue weighted by molar-refractivity contribution is 7.99. The van der Waals surface area contributed by atoms with E-state index in [1.165, 1.54) is 11.8 Å². The Bertz CT molecular complexity index is 1130. The zero-order chi connectivity index (χ0) is 23.2. The van der Waals surface area contributed by atoms with Crippen molar-refractivity contribution in [2.75, 3.05) is 24.7 Å². The van der Waals surface area contributed by atoms with E-state index in [9.17, 15) is 9.59 Å². The van der Waals surface area contributed by atoms with E-state index >= 15 is 0 Å². The maximum Gasteiger partial charge on any atom is 0.243 e. The largest absolute Gasteiger partial charge is 0.495 e.